The van der Waals surface area contributed by atoms with Crippen molar-refractivity contribution in [3.05, 3.63) is 70.8 Å². The molecule has 1 heterocycles. The molecular formula is C19H16F2N2O4. The molecular weight excluding hydrogens is 358 g/mol. The Morgan fingerprint density at radius 1 is 1.19 bits per heavy atom. The van der Waals surface area contributed by atoms with E-state index in [1.165, 1.54) is 26.2 Å². The molecule has 1 fully saturated rings. The number of halogens is 2. The first-order valence-corrected chi connectivity index (χ1v) is 8.03. The first-order valence-electron chi connectivity index (χ1n) is 8.03. The van der Waals surface area contributed by atoms with Crippen molar-refractivity contribution in [2.75, 3.05) is 7.11 Å². The second-order valence-corrected chi connectivity index (χ2v) is 6.26. The zero-order chi connectivity index (χ0) is 19.8. The minimum absolute atomic E-state index is 0.137. The minimum atomic E-state index is -1.73. The first-order chi connectivity index (χ1) is 12.8. The Morgan fingerprint density at radius 3 is 2.63 bits per heavy atom. The van der Waals surface area contributed by atoms with Gasteiger partial charge in [0.2, 0.25) is 0 Å². The minimum Gasteiger partial charge on any atom is -0.465 e. The van der Waals surface area contributed by atoms with E-state index in [1.807, 2.05) is 0 Å². The van der Waals surface area contributed by atoms with E-state index in [0.29, 0.717) is 5.56 Å². The molecule has 1 aliphatic heterocycles. The van der Waals surface area contributed by atoms with Gasteiger partial charge in [0.15, 0.2) is 0 Å². The molecule has 6 nitrogen and oxygen atoms in total. The summed E-state index contributed by atoms with van der Waals surface area (Å²) in [4.78, 5) is 37.7. The number of nitrogens with zero attached hydrogens (tertiary/aromatic N) is 1. The molecule has 140 valence electrons. The summed E-state index contributed by atoms with van der Waals surface area (Å²) in [5, 5.41) is 2.42. The number of nitrogens with one attached hydrogen (secondary N) is 1. The van der Waals surface area contributed by atoms with E-state index >= 15 is 0 Å². The van der Waals surface area contributed by atoms with Gasteiger partial charge in [-0.05, 0) is 42.8 Å². The van der Waals surface area contributed by atoms with Crippen LogP contribution in [0.3, 0.4) is 0 Å². The fraction of sp³-hybridized carbons (Fsp3) is 0.211. The van der Waals surface area contributed by atoms with Gasteiger partial charge >= 0.3 is 12.0 Å². The third-order valence-corrected chi connectivity index (χ3v) is 4.43. The van der Waals surface area contributed by atoms with Crippen LogP contribution in [0.15, 0.2) is 42.5 Å². The summed E-state index contributed by atoms with van der Waals surface area (Å²) in [7, 11) is 1.24. The zero-order valence-corrected chi connectivity index (χ0v) is 14.6. The molecule has 2 aromatic rings. The predicted octanol–water partition coefficient (Wildman–Crippen LogP) is 2.72. The largest absolute Gasteiger partial charge is 0.465 e. The van der Waals surface area contributed by atoms with Gasteiger partial charge in [-0.15, -0.1) is 0 Å². The lowest BCUT2D eigenvalue weighted by Gasteiger charge is -2.23. The van der Waals surface area contributed by atoms with Gasteiger partial charge in [-0.1, -0.05) is 12.1 Å². The van der Waals surface area contributed by atoms with Crippen LogP contribution < -0.4 is 5.32 Å². The Bertz CT molecular complexity index is 947. The smallest absolute Gasteiger partial charge is 0.337 e. The van der Waals surface area contributed by atoms with Gasteiger partial charge in [0, 0.05) is 5.56 Å². The van der Waals surface area contributed by atoms with Crippen LogP contribution in [0.4, 0.5) is 13.6 Å². The highest BCUT2D eigenvalue weighted by Gasteiger charge is 2.50. The number of urea groups is 1. The summed E-state index contributed by atoms with van der Waals surface area (Å²) in [5.41, 5.74) is -1.22. The topological polar surface area (TPSA) is 75.7 Å². The summed E-state index contributed by atoms with van der Waals surface area (Å²) in [6, 6.07) is 8.22. The number of benzene rings is 2. The Morgan fingerprint density at radius 2 is 1.93 bits per heavy atom. The van der Waals surface area contributed by atoms with Gasteiger partial charge in [0.05, 0.1) is 19.2 Å². The predicted molar refractivity (Wildman–Crippen MR) is 90.6 cm³/mol. The van der Waals surface area contributed by atoms with Crippen molar-refractivity contribution in [2.45, 2.75) is 19.0 Å². The number of amides is 3. The molecule has 3 amide bonds. The molecule has 0 aromatic heterocycles. The second-order valence-electron chi connectivity index (χ2n) is 6.26. The zero-order valence-electron chi connectivity index (χ0n) is 14.6. The van der Waals surface area contributed by atoms with Crippen molar-refractivity contribution in [2.24, 2.45) is 0 Å². The van der Waals surface area contributed by atoms with Gasteiger partial charge in [-0.3, -0.25) is 9.69 Å². The molecule has 0 radical (unpaired) electrons. The van der Waals surface area contributed by atoms with E-state index in [-0.39, 0.29) is 17.7 Å². The molecule has 2 aromatic carbocycles. The van der Waals surface area contributed by atoms with Gasteiger partial charge in [-0.25, -0.2) is 18.4 Å². The summed E-state index contributed by atoms with van der Waals surface area (Å²) in [6.45, 7) is 1.18. The number of rotatable bonds is 4. The molecule has 0 saturated carbocycles. The molecule has 27 heavy (non-hydrogen) atoms. The van der Waals surface area contributed by atoms with E-state index in [9.17, 15) is 23.2 Å². The fourth-order valence-corrected chi connectivity index (χ4v) is 3.00. The summed E-state index contributed by atoms with van der Waals surface area (Å²) < 4.78 is 32.3. The van der Waals surface area contributed by atoms with Crippen molar-refractivity contribution >= 4 is 17.9 Å². The normalized spacial score (nSPS) is 19.2. The number of hydrogen-bond donors (Lipinski definition) is 1. The van der Waals surface area contributed by atoms with E-state index in [2.05, 4.69) is 10.1 Å². The van der Waals surface area contributed by atoms with E-state index in [4.69, 9.17) is 0 Å². The number of methoxy groups -OCH3 is 1. The maximum absolute atomic E-state index is 14.2. The van der Waals surface area contributed by atoms with Gasteiger partial charge in [-0.2, -0.15) is 0 Å². The summed E-state index contributed by atoms with van der Waals surface area (Å²) in [5.74, 6) is -2.80. The molecule has 1 aliphatic rings. The summed E-state index contributed by atoms with van der Waals surface area (Å²) >= 11 is 0. The van der Waals surface area contributed by atoms with E-state index in [0.717, 1.165) is 23.1 Å². The van der Waals surface area contributed by atoms with Crippen LogP contribution in [-0.4, -0.2) is 29.9 Å². The lowest BCUT2D eigenvalue weighted by Crippen LogP contribution is -2.41. The van der Waals surface area contributed by atoms with Crippen LogP contribution in [0, 0.1) is 11.6 Å². The Kier molecular flexibility index (Phi) is 4.65. The van der Waals surface area contributed by atoms with Crippen molar-refractivity contribution < 1.29 is 27.9 Å². The molecule has 8 heteroatoms. The molecule has 3 rings (SSSR count). The highest BCUT2D eigenvalue weighted by atomic mass is 19.1. The monoisotopic (exact) mass is 374 g/mol. The third kappa shape index (κ3) is 3.25. The van der Waals surface area contributed by atoms with Gasteiger partial charge in [0.25, 0.3) is 5.91 Å². The number of ether oxygens (including phenoxy) is 1. The molecule has 0 aliphatic carbocycles. The standard InChI is InChI=1S/C19H16F2N2O4/c1-19(14-9-13(20)6-7-15(14)21)17(25)23(18(26)22-19)10-11-4-3-5-12(8-11)16(24)27-2/h3-9H,10H2,1-2H3,(H,22,26)/t19-/m0/s1. The van der Waals surface area contributed by atoms with Crippen LogP contribution >= 0.6 is 0 Å². The Labute approximate surface area is 153 Å². The highest BCUT2D eigenvalue weighted by Crippen LogP contribution is 2.32. The molecule has 0 spiro atoms. The lowest BCUT2D eigenvalue weighted by atomic mass is 9.91. The Balaban J connectivity index is 1.91. The fourth-order valence-electron chi connectivity index (χ4n) is 3.00. The average molecular weight is 374 g/mol. The molecule has 1 saturated heterocycles. The number of hydrogen-bond acceptors (Lipinski definition) is 4. The van der Waals surface area contributed by atoms with Crippen molar-refractivity contribution in [3.8, 4) is 0 Å². The van der Waals surface area contributed by atoms with Crippen LogP contribution in [0.1, 0.15) is 28.4 Å². The lowest BCUT2D eigenvalue weighted by molar-refractivity contribution is -0.131. The van der Waals surface area contributed by atoms with Gasteiger partial charge < -0.3 is 10.1 Å². The summed E-state index contributed by atoms with van der Waals surface area (Å²) in [6.07, 6.45) is 0. The number of carbonyl (C=O) groups excluding carboxylic acids is 3. The quantitative estimate of drug-likeness (QED) is 0.660. The van der Waals surface area contributed by atoms with Crippen LogP contribution in [0.5, 0.6) is 0 Å². The molecule has 0 bridgehead atoms. The highest BCUT2D eigenvalue weighted by molar-refractivity contribution is 6.07. The molecule has 1 atom stereocenters. The average Bonchev–Trinajstić information content (AvgIpc) is 2.87. The van der Waals surface area contributed by atoms with Crippen LogP contribution in [0.25, 0.3) is 0 Å². The molecule has 0 unspecified atom stereocenters. The molecule has 1 N–H and O–H groups in total. The van der Waals surface area contributed by atoms with Gasteiger partial charge in [0.1, 0.15) is 17.2 Å². The second kappa shape index (κ2) is 6.79. The van der Waals surface area contributed by atoms with E-state index < -0.39 is 35.1 Å². The maximum Gasteiger partial charge on any atom is 0.337 e. The number of carbonyl (C=O) groups is 3. The van der Waals surface area contributed by atoms with Crippen molar-refractivity contribution in [3.63, 3.8) is 0 Å². The maximum atomic E-state index is 14.2. The number of esters is 1. The van der Waals surface area contributed by atoms with Crippen LogP contribution in [-0.2, 0) is 21.6 Å². The van der Waals surface area contributed by atoms with Crippen molar-refractivity contribution in [1.82, 2.24) is 10.2 Å². The number of imide groups is 1. The van der Waals surface area contributed by atoms with E-state index in [1.54, 1.807) is 12.1 Å². The van der Waals surface area contributed by atoms with Crippen molar-refractivity contribution in [1.29, 1.82) is 0 Å². The first kappa shape index (κ1) is 18.5. The Hall–Kier alpha value is -3.29. The SMILES string of the molecule is COC(=O)c1cccc(CN2C(=O)N[C@@](C)(c3cc(F)ccc3F)C2=O)c1. The third-order valence-electron chi connectivity index (χ3n) is 4.43. The van der Waals surface area contributed by atoms with Crippen LogP contribution in [0.2, 0.25) is 0 Å².